The molecule has 0 amide bonds. The second-order valence-corrected chi connectivity index (χ2v) is 6.01. The average Bonchev–Trinajstić information content (AvgIpc) is 2.40. The second kappa shape index (κ2) is 6.71. The van der Waals surface area contributed by atoms with Crippen LogP contribution in [0.15, 0.2) is 30.3 Å². The summed E-state index contributed by atoms with van der Waals surface area (Å²) in [6.07, 6.45) is 6.02. The summed E-state index contributed by atoms with van der Waals surface area (Å²) < 4.78 is 0. The van der Waals surface area contributed by atoms with E-state index in [-0.39, 0.29) is 0 Å². The van der Waals surface area contributed by atoms with Gasteiger partial charge in [0.2, 0.25) is 0 Å². The van der Waals surface area contributed by atoms with Crippen LogP contribution in [0.25, 0.3) is 0 Å². The largest absolute Gasteiger partial charge is 0.198 e. The smallest absolute Gasteiger partial charge is 0.0667 e. The molecule has 1 aromatic carbocycles. The van der Waals surface area contributed by atoms with Gasteiger partial charge in [-0.1, -0.05) is 43.2 Å². The van der Waals surface area contributed by atoms with Crippen molar-refractivity contribution in [2.45, 2.75) is 37.4 Å². The fourth-order valence-corrected chi connectivity index (χ4v) is 3.84. The Hall–Kier alpha value is -0.940. The Morgan fingerprint density at radius 3 is 2.71 bits per heavy atom. The zero-order valence-electron chi connectivity index (χ0n) is 10.1. The Balaban J connectivity index is 1.76. The Kier molecular flexibility index (Phi) is 4.94. The maximum absolute atomic E-state index is 9.11. The first-order valence-electron chi connectivity index (χ1n) is 6.45. The van der Waals surface area contributed by atoms with Gasteiger partial charge in [-0.3, -0.25) is 0 Å². The topological polar surface area (TPSA) is 23.8 Å². The van der Waals surface area contributed by atoms with Crippen LogP contribution >= 0.6 is 11.8 Å². The summed E-state index contributed by atoms with van der Waals surface area (Å²) in [7, 11) is 0. The van der Waals surface area contributed by atoms with E-state index < -0.39 is 0 Å². The van der Waals surface area contributed by atoms with E-state index >= 15 is 0 Å². The minimum absolute atomic E-state index is 0.296. The van der Waals surface area contributed by atoms with Gasteiger partial charge in [-0.2, -0.15) is 17.0 Å². The van der Waals surface area contributed by atoms with Gasteiger partial charge in [0.05, 0.1) is 12.0 Å². The molecule has 0 heterocycles. The number of thioether (sulfide) groups is 1. The molecule has 0 spiro atoms. The van der Waals surface area contributed by atoms with Crippen LogP contribution < -0.4 is 0 Å². The van der Waals surface area contributed by atoms with E-state index in [9.17, 15) is 0 Å². The van der Waals surface area contributed by atoms with Crippen molar-refractivity contribution in [1.82, 2.24) is 0 Å². The molecule has 1 aromatic rings. The molecule has 0 N–H and O–H groups in total. The van der Waals surface area contributed by atoms with Crippen LogP contribution in [-0.2, 0) is 6.42 Å². The lowest BCUT2D eigenvalue weighted by Gasteiger charge is -2.26. The lowest BCUT2D eigenvalue weighted by molar-refractivity contribution is 0.439. The average molecular weight is 245 g/mol. The molecule has 1 fully saturated rings. The summed E-state index contributed by atoms with van der Waals surface area (Å²) in [4.78, 5) is 0. The minimum Gasteiger partial charge on any atom is -0.198 e. The summed E-state index contributed by atoms with van der Waals surface area (Å²) >= 11 is 2.00. The van der Waals surface area contributed by atoms with Crippen LogP contribution in [-0.4, -0.2) is 11.0 Å². The molecule has 1 aliphatic rings. The molecule has 2 unspecified atom stereocenters. The van der Waals surface area contributed by atoms with Crippen molar-refractivity contribution in [2.24, 2.45) is 5.92 Å². The van der Waals surface area contributed by atoms with Gasteiger partial charge >= 0.3 is 0 Å². The minimum atomic E-state index is 0.296. The highest BCUT2D eigenvalue weighted by Crippen LogP contribution is 2.33. The van der Waals surface area contributed by atoms with Crippen molar-refractivity contribution in [1.29, 1.82) is 5.26 Å². The molecular weight excluding hydrogens is 226 g/mol. The van der Waals surface area contributed by atoms with Crippen LogP contribution in [0.4, 0.5) is 0 Å². The van der Waals surface area contributed by atoms with Gasteiger partial charge < -0.3 is 0 Å². The summed E-state index contributed by atoms with van der Waals surface area (Å²) in [5, 5.41) is 9.70. The number of nitriles is 1. The maximum atomic E-state index is 9.11. The molecule has 2 rings (SSSR count). The molecule has 1 saturated carbocycles. The number of benzene rings is 1. The zero-order valence-corrected chi connectivity index (χ0v) is 11.0. The molecule has 2 heteroatoms. The molecule has 1 nitrogen and oxygen atoms in total. The number of hydrogen-bond acceptors (Lipinski definition) is 2. The molecule has 0 radical (unpaired) electrons. The molecule has 0 aromatic heterocycles. The molecular formula is C15H19NS. The summed E-state index contributed by atoms with van der Waals surface area (Å²) in [6.45, 7) is 0. The van der Waals surface area contributed by atoms with Crippen molar-refractivity contribution < 1.29 is 0 Å². The van der Waals surface area contributed by atoms with E-state index in [2.05, 4.69) is 36.4 Å². The van der Waals surface area contributed by atoms with Crippen molar-refractivity contribution in [3.8, 4) is 6.07 Å². The van der Waals surface area contributed by atoms with Crippen molar-refractivity contribution in [3.05, 3.63) is 35.9 Å². The van der Waals surface area contributed by atoms with Crippen molar-refractivity contribution in [3.63, 3.8) is 0 Å². The Morgan fingerprint density at radius 2 is 1.94 bits per heavy atom. The lowest BCUT2D eigenvalue weighted by Crippen LogP contribution is -2.21. The number of nitrogens with zero attached hydrogens (tertiary/aromatic N) is 1. The third-order valence-corrected chi connectivity index (χ3v) is 4.87. The lowest BCUT2D eigenvalue weighted by atomic mass is 9.90. The number of aryl methyl sites for hydroxylation is 1. The third kappa shape index (κ3) is 3.78. The van der Waals surface area contributed by atoms with E-state index in [1.165, 1.54) is 24.8 Å². The van der Waals surface area contributed by atoms with Gasteiger partial charge in [0.25, 0.3) is 0 Å². The molecule has 0 aliphatic heterocycles. The molecule has 2 atom stereocenters. The van der Waals surface area contributed by atoms with Crippen molar-refractivity contribution in [2.75, 3.05) is 5.75 Å². The first-order valence-corrected chi connectivity index (χ1v) is 7.50. The summed E-state index contributed by atoms with van der Waals surface area (Å²) in [5.41, 5.74) is 1.41. The predicted octanol–water partition coefficient (Wildman–Crippen LogP) is 4.04. The number of hydrogen-bond donors (Lipinski definition) is 0. The molecule has 1 aliphatic carbocycles. The van der Waals surface area contributed by atoms with Gasteiger partial charge in [0.15, 0.2) is 0 Å². The standard InChI is InChI=1S/C15H19NS/c16-12-14-8-4-5-9-15(14)17-11-10-13-6-2-1-3-7-13/h1-3,6-7,14-15H,4-5,8-11H2. The SMILES string of the molecule is N#CC1CCCCC1SCCc1ccccc1. The Bertz CT molecular complexity index is 368. The van der Waals surface area contributed by atoms with Gasteiger partial charge in [-0.25, -0.2) is 0 Å². The van der Waals surface area contributed by atoms with Gasteiger partial charge in [-0.15, -0.1) is 0 Å². The summed E-state index contributed by atoms with van der Waals surface area (Å²) in [6, 6.07) is 13.1. The zero-order chi connectivity index (χ0) is 11.9. The molecule has 90 valence electrons. The number of rotatable bonds is 4. The molecule has 17 heavy (non-hydrogen) atoms. The molecule has 0 saturated heterocycles. The normalized spacial score (nSPS) is 24.2. The Morgan fingerprint density at radius 1 is 1.18 bits per heavy atom. The van der Waals surface area contributed by atoms with Crippen LogP contribution in [0, 0.1) is 17.2 Å². The first-order chi connectivity index (χ1) is 8.40. The van der Waals surface area contributed by atoms with Crippen LogP contribution in [0.3, 0.4) is 0 Å². The highest BCUT2D eigenvalue weighted by Gasteiger charge is 2.24. The quantitative estimate of drug-likeness (QED) is 0.799. The van der Waals surface area contributed by atoms with E-state index in [0.717, 1.165) is 18.6 Å². The van der Waals surface area contributed by atoms with Gasteiger partial charge in [0.1, 0.15) is 0 Å². The fourth-order valence-electron chi connectivity index (χ4n) is 2.42. The van der Waals surface area contributed by atoms with E-state index in [0.29, 0.717) is 11.2 Å². The van der Waals surface area contributed by atoms with Crippen LogP contribution in [0.5, 0.6) is 0 Å². The maximum Gasteiger partial charge on any atom is 0.0667 e. The van der Waals surface area contributed by atoms with Gasteiger partial charge in [-0.05, 0) is 30.6 Å². The van der Waals surface area contributed by atoms with E-state index in [1.54, 1.807) is 0 Å². The van der Waals surface area contributed by atoms with E-state index in [4.69, 9.17) is 5.26 Å². The Labute approximate surface area is 108 Å². The first kappa shape index (κ1) is 12.5. The predicted molar refractivity (Wildman–Crippen MR) is 74.0 cm³/mol. The van der Waals surface area contributed by atoms with Crippen molar-refractivity contribution >= 4 is 11.8 Å². The highest BCUT2D eigenvalue weighted by atomic mass is 32.2. The highest BCUT2D eigenvalue weighted by molar-refractivity contribution is 7.99. The fraction of sp³-hybridized carbons (Fsp3) is 0.533. The van der Waals surface area contributed by atoms with Gasteiger partial charge in [0, 0.05) is 5.25 Å². The van der Waals surface area contributed by atoms with E-state index in [1.807, 2.05) is 11.8 Å². The third-order valence-electron chi connectivity index (χ3n) is 3.43. The van der Waals surface area contributed by atoms with Crippen LogP contribution in [0.1, 0.15) is 31.2 Å². The van der Waals surface area contributed by atoms with Crippen LogP contribution in [0.2, 0.25) is 0 Å². The summed E-state index contributed by atoms with van der Waals surface area (Å²) in [5.74, 6) is 1.44. The second-order valence-electron chi connectivity index (χ2n) is 4.66. The monoisotopic (exact) mass is 245 g/mol. The molecule has 0 bridgehead atoms.